The lowest BCUT2D eigenvalue weighted by atomic mass is 9.60. The third-order valence-electron chi connectivity index (χ3n) is 7.77. The van der Waals surface area contributed by atoms with Gasteiger partial charge in [-0.15, -0.1) is 11.6 Å². The van der Waals surface area contributed by atoms with Crippen LogP contribution in [-0.4, -0.2) is 80.9 Å². The normalized spacial score (nSPS) is 32.5. The third kappa shape index (κ3) is 7.20. The van der Waals surface area contributed by atoms with Gasteiger partial charge in [0.1, 0.15) is 19.3 Å². The topological polar surface area (TPSA) is 132 Å². The van der Waals surface area contributed by atoms with Gasteiger partial charge in [0.25, 0.3) is 5.91 Å². The van der Waals surface area contributed by atoms with Gasteiger partial charge in [0, 0.05) is 18.0 Å². The van der Waals surface area contributed by atoms with Crippen molar-refractivity contribution in [2.24, 2.45) is 0 Å². The van der Waals surface area contributed by atoms with Crippen molar-refractivity contribution in [2.45, 2.75) is 98.9 Å². The first kappa shape index (κ1) is 29.5. The molecule has 3 N–H and O–H groups in total. The Morgan fingerprint density at radius 2 is 1.85 bits per heavy atom. The molecule has 0 radical (unpaired) electrons. The largest absolute Gasteiger partial charge is 0.478 e. The molecule has 0 aliphatic heterocycles. The number of nitrogens with zero attached hydrogens (tertiary/aromatic N) is 2. The zero-order valence-corrected chi connectivity index (χ0v) is 21.8. The molecule has 1 aromatic rings. The van der Waals surface area contributed by atoms with Crippen molar-refractivity contribution in [3.05, 3.63) is 22.6 Å². The van der Waals surface area contributed by atoms with Gasteiger partial charge in [-0.1, -0.05) is 0 Å². The molecule has 0 aromatic carbocycles. The number of fused-ring (bicyclic) bond motifs is 3. The summed E-state index contributed by atoms with van der Waals surface area (Å²) in [6.45, 7) is -2.48. The van der Waals surface area contributed by atoms with Crippen LogP contribution >= 0.6 is 11.6 Å². The SMILES string of the molecule is O=C(COC1CCC(Cl)C(F)C1)NC12CCC(NC(=O)COc3ccnn(CC(F)(F)F)c3=O)(CC1)C(O)C2. The van der Waals surface area contributed by atoms with Crippen LogP contribution in [0, 0.1) is 0 Å². The van der Waals surface area contributed by atoms with Crippen molar-refractivity contribution in [3.8, 4) is 5.75 Å². The second-order valence-corrected chi connectivity index (χ2v) is 11.2. The number of aromatic nitrogens is 2. The third-order valence-corrected chi connectivity index (χ3v) is 8.27. The van der Waals surface area contributed by atoms with Crippen LogP contribution in [0.3, 0.4) is 0 Å². The number of hydrogen-bond acceptors (Lipinski definition) is 7. The molecule has 4 fully saturated rings. The quantitative estimate of drug-likeness (QED) is 0.299. The Balaban J connectivity index is 1.26. The molecule has 1 heterocycles. The second-order valence-electron chi connectivity index (χ2n) is 10.6. The fourth-order valence-corrected chi connectivity index (χ4v) is 5.89. The van der Waals surface area contributed by atoms with Crippen molar-refractivity contribution < 1.29 is 41.7 Å². The van der Waals surface area contributed by atoms with E-state index in [1.54, 1.807) is 0 Å². The van der Waals surface area contributed by atoms with E-state index < -0.39 is 65.3 Å². The molecule has 4 aliphatic carbocycles. The summed E-state index contributed by atoms with van der Waals surface area (Å²) in [4.78, 5) is 37.3. The summed E-state index contributed by atoms with van der Waals surface area (Å²) in [6, 6.07) is 1.07. The average molecular weight is 583 g/mol. The zero-order chi connectivity index (χ0) is 28.4. The molecule has 10 nitrogen and oxygen atoms in total. The Labute approximate surface area is 226 Å². The van der Waals surface area contributed by atoms with Crippen LogP contribution in [-0.2, 0) is 20.9 Å². The smallest absolute Gasteiger partial charge is 0.408 e. The van der Waals surface area contributed by atoms with E-state index >= 15 is 0 Å². The molecule has 0 saturated heterocycles. The number of halogens is 5. The summed E-state index contributed by atoms with van der Waals surface area (Å²) in [5, 5.41) is 19.4. The molecule has 4 unspecified atom stereocenters. The number of rotatable bonds is 9. The van der Waals surface area contributed by atoms with Crippen LogP contribution in [0.5, 0.6) is 5.75 Å². The number of aliphatic hydroxyl groups is 1. The minimum atomic E-state index is -4.66. The van der Waals surface area contributed by atoms with Crippen molar-refractivity contribution in [1.29, 1.82) is 0 Å². The summed E-state index contributed by atoms with van der Waals surface area (Å²) in [6.07, 6.45) is -3.18. The first-order chi connectivity index (χ1) is 18.3. The maximum atomic E-state index is 13.8. The Morgan fingerprint density at radius 1 is 1.15 bits per heavy atom. The van der Waals surface area contributed by atoms with Gasteiger partial charge in [0.15, 0.2) is 12.4 Å². The van der Waals surface area contributed by atoms with Crippen LogP contribution < -0.4 is 20.9 Å². The maximum absolute atomic E-state index is 13.8. The second kappa shape index (κ2) is 11.6. The van der Waals surface area contributed by atoms with E-state index in [2.05, 4.69) is 15.7 Å². The van der Waals surface area contributed by atoms with Gasteiger partial charge in [0.05, 0.1) is 29.3 Å². The van der Waals surface area contributed by atoms with Crippen molar-refractivity contribution in [3.63, 3.8) is 0 Å². The molecule has 39 heavy (non-hydrogen) atoms. The number of ether oxygens (including phenoxy) is 2. The van der Waals surface area contributed by atoms with Crippen LogP contribution in [0.15, 0.2) is 17.1 Å². The first-order valence-electron chi connectivity index (χ1n) is 12.8. The molecule has 5 rings (SSSR count). The number of hydrogen-bond donors (Lipinski definition) is 3. The van der Waals surface area contributed by atoms with Crippen LogP contribution in [0.25, 0.3) is 0 Å². The Kier molecular flexibility index (Phi) is 8.76. The van der Waals surface area contributed by atoms with Gasteiger partial charge in [-0.25, -0.2) is 9.07 Å². The van der Waals surface area contributed by atoms with E-state index in [4.69, 9.17) is 21.1 Å². The molecule has 4 saturated carbocycles. The number of nitrogens with one attached hydrogen (secondary N) is 2. The monoisotopic (exact) mass is 582 g/mol. The van der Waals surface area contributed by atoms with Gasteiger partial charge in [-0.2, -0.15) is 18.3 Å². The van der Waals surface area contributed by atoms with E-state index in [1.807, 2.05) is 0 Å². The first-order valence-corrected chi connectivity index (χ1v) is 13.2. The fourth-order valence-electron chi connectivity index (χ4n) is 5.66. The van der Waals surface area contributed by atoms with Crippen molar-refractivity contribution in [1.82, 2.24) is 20.4 Å². The number of amides is 2. The summed E-state index contributed by atoms with van der Waals surface area (Å²) in [7, 11) is 0. The maximum Gasteiger partial charge on any atom is 0.408 e. The van der Waals surface area contributed by atoms with Gasteiger partial charge in [0.2, 0.25) is 5.91 Å². The minimum absolute atomic E-state index is 0.141. The number of alkyl halides is 5. The average Bonchev–Trinajstić information content (AvgIpc) is 2.85. The highest BCUT2D eigenvalue weighted by Gasteiger charge is 2.55. The Hall–Kier alpha value is -2.45. The number of carbonyl (C=O) groups is 2. The molecule has 1 aromatic heterocycles. The van der Waals surface area contributed by atoms with Gasteiger partial charge >= 0.3 is 11.7 Å². The van der Waals surface area contributed by atoms with E-state index in [0.29, 0.717) is 38.5 Å². The standard InChI is InChI=1S/C24H31ClF4N4O6/c25-15-2-1-14(9-16(15)26)38-11-19(35)31-22-4-6-23(7-5-22,18(34)10-22)32-20(36)12-39-17-3-8-30-33(21(17)37)13-24(27,28)29/h3,8,14-16,18,34H,1-2,4-7,9-13H2,(H,31,35)(H,32,36). The summed E-state index contributed by atoms with van der Waals surface area (Å²) in [5.41, 5.74) is -2.76. The Bertz CT molecular complexity index is 1110. The fraction of sp³-hybridized carbons (Fsp3) is 0.750. The van der Waals surface area contributed by atoms with Crippen molar-refractivity contribution in [2.75, 3.05) is 13.2 Å². The molecule has 15 heteroatoms. The zero-order valence-electron chi connectivity index (χ0n) is 21.0. The molecule has 0 spiro atoms. The predicted molar refractivity (Wildman–Crippen MR) is 129 cm³/mol. The molecule has 4 atom stereocenters. The molecule has 4 aliphatic rings. The van der Waals surface area contributed by atoms with Crippen LogP contribution in [0.1, 0.15) is 51.4 Å². The Morgan fingerprint density at radius 3 is 2.49 bits per heavy atom. The number of carbonyl (C=O) groups excluding carboxylic acids is 2. The summed E-state index contributed by atoms with van der Waals surface area (Å²) >= 11 is 5.88. The van der Waals surface area contributed by atoms with Gasteiger partial charge in [-0.3, -0.25) is 14.4 Å². The minimum Gasteiger partial charge on any atom is -0.478 e. The lowest BCUT2D eigenvalue weighted by Gasteiger charge is -2.56. The molecular formula is C24H31ClF4N4O6. The highest BCUT2D eigenvalue weighted by molar-refractivity contribution is 6.21. The summed E-state index contributed by atoms with van der Waals surface area (Å²) in [5.74, 6) is -1.49. The van der Waals surface area contributed by atoms with Crippen molar-refractivity contribution >= 4 is 23.4 Å². The molecule has 2 amide bonds. The van der Waals surface area contributed by atoms with E-state index in [1.165, 1.54) is 0 Å². The highest BCUT2D eigenvalue weighted by atomic mass is 35.5. The molecular weight excluding hydrogens is 552 g/mol. The molecule has 218 valence electrons. The van der Waals surface area contributed by atoms with E-state index in [-0.39, 0.29) is 36.1 Å². The van der Waals surface area contributed by atoms with Crippen LogP contribution in [0.2, 0.25) is 0 Å². The lowest BCUT2D eigenvalue weighted by molar-refractivity contribution is -0.143. The van der Waals surface area contributed by atoms with E-state index in [0.717, 1.165) is 12.3 Å². The van der Waals surface area contributed by atoms with Crippen LogP contribution in [0.4, 0.5) is 17.6 Å². The van der Waals surface area contributed by atoms with Gasteiger partial charge in [-0.05, 0) is 44.9 Å². The lowest BCUT2D eigenvalue weighted by Crippen LogP contribution is -2.70. The predicted octanol–water partition coefficient (Wildman–Crippen LogP) is 1.75. The van der Waals surface area contributed by atoms with E-state index in [9.17, 15) is 37.1 Å². The number of aliphatic hydroxyl groups excluding tert-OH is 1. The summed E-state index contributed by atoms with van der Waals surface area (Å²) < 4.78 is 62.6. The molecule has 2 bridgehead atoms. The van der Waals surface area contributed by atoms with Gasteiger partial charge < -0.3 is 25.2 Å². The highest BCUT2D eigenvalue weighted by Crippen LogP contribution is 2.47.